The molecule has 0 aliphatic carbocycles. The van der Waals surface area contributed by atoms with Gasteiger partial charge in [-0.2, -0.15) is 0 Å². The predicted octanol–water partition coefficient (Wildman–Crippen LogP) is 0.245. The maximum atomic E-state index is 11.9. The van der Waals surface area contributed by atoms with Gasteiger partial charge in [0.25, 0.3) is 0 Å². The van der Waals surface area contributed by atoms with Crippen LogP contribution in [-0.4, -0.2) is 51.2 Å². The van der Waals surface area contributed by atoms with Crippen LogP contribution >= 0.6 is 0 Å². The van der Waals surface area contributed by atoms with Crippen LogP contribution in [0, 0.1) is 11.8 Å². The van der Waals surface area contributed by atoms with Crippen molar-refractivity contribution in [2.45, 2.75) is 13.5 Å². The average molecular weight is 266 g/mol. The van der Waals surface area contributed by atoms with Crippen LogP contribution in [-0.2, 0) is 11.3 Å². The highest BCUT2D eigenvalue weighted by molar-refractivity contribution is 5.77. The van der Waals surface area contributed by atoms with E-state index in [9.17, 15) is 9.59 Å². The summed E-state index contributed by atoms with van der Waals surface area (Å²) in [6.07, 6.45) is 5.19. The number of aromatic nitrogens is 2. The van der Waals surface area contributed by atoms with E-state index in [2.05, 4.69) is 10.3 Å². The van der Waals surface area contributed by atoms with Gasteiger partial charge in [-0.05, 0) is 5.92 Å². The molecule has 7 heteroatoms. The Morgan fingerprint density at radius 3 is 2.84 bits per heavy atom. The first-order valence-corrected chi connectivity index (χ1v) is 6.29. The minimum atomic E-state index is -0.832. The van der Waals surface area contributed by atoms with E-state index in [4.69, 9.17) is 5.11 Å². The van der Waals surface area contributed by atoms with Gasteiger partial charge in [0.1, 0.15) is 0 Å². The average Bonchev–Trinajstić information content (AvgIpc) is 2.98. The number of carboxylic acid groups (broad SMARTS) is 1. The second kappa shape index (κ2) is 5.73. The minimum Gasteiger partial charge on any atom is -0.481 e. The molecule has 2 N–H and O–H groups in total. The lowest BCUT2D eigenvalue weighted by Crippen LogP contribution is -2.40. The fourth-order valence-electron chi connectivity index (χ4n) is 2.28. The van der Waals surface area contributed by atoms with E-state index in [1.54, 1.807) is 17.4 Å². The summed E-state index contributed by atoms with van der Waals surface area (Å²) in [6, 6.07) is -0.198. The summed E-state index contributed by atoms with van der Waals surface area (Å²) >= 11 is 0. The first-order valence-electron chi connectivity index (χ1n) is 6.29. The molecule has 2 unspecified atom stereocenters. The highest BCUT2D eigenvalue weighted by Gasteiger charge is 2.36. The molecule has 2 rings (SSSR count). The number of nitrogens with one attached hydrogen (secondary N) is 1. The molecule has 0 bridgehead atoms. The van der Waals surface area contributed by atoms with Crippen molar-refractivity contribution in [1.29, 1.82) is 0 Å². The van der Waals surface area contributed by atoms with Gasteiger partial charge < -0.3 is 19.9 Å². The molecule has 2 atom stereocenters. The van der Waals surface area contributed by atoms with Crippen LogP contribution in [0.5, 0.6) is 0 Å². The number of hydrogen-bond acceptors (Lipinski definition) is 3. The van der Waals surface area contributed by atoms with Crippen molar-refractivity contribution in [3.05, 3.63) is 18.7 Å². The van der Waals surface area contributed by atoms with Crippen molar-refractivity contribution in [1.82, 2.24) is 19.8 Å². The zero-order valence-corrected chi connectivity index (χ0v) is 10.8. The van der Waals surface area contributed by atoms with E-state index >= 15 is 0 Å². The minimum absolute atomic E-state index is 0.00287. The number of carboxylic acids is 1. The summed E-state index contributed by atoms with van der Waals surface area (Å²) in [7, 11) is 0. The van der Waals surface area contributed by atoms with Crippen molar-refractivity contribution >= 4 is 12.0 Å². The Hall–Kier alpha value is -2.05. The largest absolute Gasteiger partial charge is 0.481 e. The summed E-state index contributed by atoms with van der Waals surface area (Å²) in [6.45, 7) is 3.79. The smallest absolute Gasteiger partial charge is 0.317 e. The lowest BCUT2D eigenvalue weighted by molar-refractivity contribution is -0.142. The molecule has 0 aromatic carbocycles. The van der Waals surface area contributed by atoms with Crippen LogP contribution in [0.1, 0.15) is 6.92 Å². The second-order valence-corrected chi connectivity index (χ2v) is 4.86. The van der Waals surface area contributed by atoms with Crippen LogP contribution in [0.25, 0.3) is 0 Å². The first kappa shape index (κ1) is 13.4. The quantitative estimate of drug-likeness (QED) is 0.817. The Balaban J connectivity index is 1.76. The number of likely N-dealkylation sites (tertiary alicyclic amines) is 1. The monoisotopic (exact) mass is 266 g/mol. The fourth-order valence-corrected chi connectivity index (χ4v) is 2.28. The molecular formula is C12H18N4O3. The molecule has 19 heavy (non-hydrogen) atoms. The molecule has 1 fully saturated rings. The summed E-state index contributed by atoms with van der Waals surface area (Å²) < 4.78 is 1.87. The number of hydrogen-bond donors (Lipinski definition) is 2. The van der Waals surface area contributed by atoms with E-state index in [1.807, 2.05) is 17.7 Å². The molecule has 7 nitrogen and oxygen atoms in total. The summed E-state index contributed by atoms with van der Waals surface area (Å²) in [5.41, 5.74) is 0. The Kier molecular flexibility index (Phi) is 4.03. The molecule has 1 aromatic rings. The van der Waals surface area contributed by atoms with Gasteiger partial charge in [-0.15, -0.1) is 0 Å². The molecular weight excluding hydrogens is 248 g/mol. The Labute approximate surface area is 111 Å². The van der Waals surface area contributed by atoms with Crippen molar-refractivity contribution in [3.63, 3.8) is 0 Å². The Morgan fingerprint density at radius 2 is 2.26 bits per heavy atom. The van der Waals surface area contributed by atoms with E-state index in [0.717, 1.165) is 0 Å². The van der Waals surface area contributed by atoms with Crippen LogP contribution in [0.4, 0.5) is 4.79 Å². The Bertz CT molecular complexity index is 446. The van der Waals surface area contributed by atoms with Gasteiger partial charge in [0.05, 0.1) is 12.2 Å². The molecule has 0 spiro atoms. The fraction of sp³-hybridized carbons (Fsp3) is 0.583. The van der Waals surface area contributed by atoms with Gasteiger partial charge >= 0.3 is 12.0 Å². The molecule has 0 radical (unpaired) electrons. The molecule has 1 aliphatic rings. The highest BCUT2D eigenvalue weighted by Crippen LogP contribution is 2.22. The van der Waals surface area contributed by atoms with Crippen molar-refractivity contribution in [2.24, 2.45) is 11.8 Å². The molecule has 1 aromatic heterocycles. The van der Waals surface area contributed by atoms with Gasteiger partial charge in [0, 0.05) is 38.6 Å². The number of carbonyl (C=O) groups excluding carboxylic acids is 1. The molecule has 2 heterocycles. The standard InChI is InChI=1S/C12H18N4O3/c1-9-6-16(7-10(9)11(17)18)12(19)14-3-5-15-4-2-13-8-15/h2,4,8-10H,3,5-7H2,1H3,(H,14,19)(H,17,18). The summed E-state index contributed by atoms with van der Waals surface area (Å²) in [5, 5.41) is 11.8. The summed E-state index contributed by atoms with van der Waals surface area (Å²) in [4.78, 5) is 28.3. The number of imidazole rings is 1. The van der Waals surface area contributed by atoms with Gasteiger partial charge in [-0.1, -0.05) is 6.92 Å². The maximum absolute atomic E-state index is 11.9. The van der Waals surface area contributed by atoms with E-state index in [-0.39, 0.29) is 18.5 Å². The van der Waals surface area contributed by atoms with Crippen LogP contribution < -0.4 is 5.32 Å². The lowest BCUT2D eigenvalue weighted by atomic mass is 9.99. The van der Waals surface area contributed by atoms with Crippen LogP contribution in [0.15, 0.2) is 18.7 Å². The molecule has 0 saturated carbocycles. The van der Waals surface area contributed by atoms with E-state index in [0.29, 0.717) is 19.6 Å². The second-order valence-electron chi connectivity index (χ2n) is 4.86. The third-order valence-corrected chi connectivity index (χ3v) is 3.42. The van der Waals surface area contributed by atoms with Gasteiger partial charge in [0.15, 0.2) is 0 Å². The predicted molar refractivity (Wildman–Crippen MR) is 67.5 cm³/mol. The van der Waals surface area contributed by atoms with Crippen LogP contribution in [0.2, 0.25) is 0 Å². The summed E-state index contributed by atoms with van der Waals surface area (Å²) in [5.74, 6) is -1.29. The van der Waals surface area contributed by atoms with Crippen molar-refractivity contribution < 1.29 is 14.7 Å². The molecule has 1 aliphatic heterocycles. The van der Waals surface area contributed by atoms with Gasteiger partial charge in [-0.3, -0.25) is 4.79 Å². The number of aliphatic carboxylic acids is 1. The zero-order valence-electron chi connectivity index (χ0n) is 10.8. The van der Waals surface area contributed by atoms with Crippen molar-refractivity contribution in [2.75, 3.05) is 19.6 Å². The molecule has 1 saturated heterocycles. The SMILES string of the molecule is CC1CN(C(=O)NCCn2ccnc2)CC1C(=O)O. The van der Waals surface area contributed by atoms with E-state index in [1.165, 1.54) is 0 Å². The molecule has 2 amide bonds. The topological polar surface area (TPSA) is 87.5 Å². The van der Waals surface area contributed by atoms with Crippen LogP contribution in [0.3, 0.4) is 0 Å². The zero-order chi connectivity index (χ0) is 13.8. The highest BCUT2D eigenvalue weighted by atomic mass is 16.4. The number of urea groups is 1. The van der Waals surface area contributed by atoms with Gasteiger partial charge in [-0.25, -0.2) is 9.78 Å². The third kappa shape index (κ3) is 3.24. The van der Waals surface area contributed by atoms with E-state index < -0.39 is 11.9 Å². The number of rotatable bonds is 4. The Morgan fingerprint density at radius 1 is 1.47 bits per heavy atom. The van der Waals surface area contributed by atoms with Gasteiger partial charge in [0.2, 0.25) is 0 Å². The number of amides is 2. The maximum Gasteiger partial charge on any atom is 0.317 e. The number of carbonyl (C=O) groups is 2. The molecule has 104 valence electrons. The number of nitrogens with zero attached hydrogens (tertiary/aromatic N) is 3. The van der Waals surface area contributed by atoms with Crippen molar-refractivity contribution in [3.8, 4) is 0 Å². The first-order chi connectivity index (χ1) is 9.08. The lowest BCUT2D eigenvalue weighted by Gasteiger charge is -2.16. The third-order valence-electron chi connectivity index (χ3n) is 3.42. The normalized spacial score (nSPS) is 22.5.